The van der Waals surface area contributed by atoms with Crippen molar-refractivity contribution < 1.29 is 9.21 Å². The Kier molecular flexibility index (Phi) is 3.10. The third kappa shape index (κ3) is 1.98. The summed E-state index contributed by atoms with van der Waals surface area (Å²) >= 11 is 0. The lowest BCUT2D eigenvalue weighted by Gasteiger charge is -2.31. The number of amides is 1. The van der Waals surface area contributed by atoms with Crippen LogP contribution < -0.4 is 21.5 Å². The molecule has 0 atom stereocenters. The molecular weight excluding hydrogens is 381 g/mol. The molecule has 31 heavy (non-hydrogen) atoms. The number of hydrogen-bond donors (Lipinski definition) is 0. The molecule has 0 saturated carbocycles. The van der Waals surface area contributed by atoms with Gasteiger partial charge in [0, 0.05) is 10.8 Å². The summed E-state index contributed by atoms with van der Waals surface area (Å²) in [5, 5.41) is 3.14. The number of carbonyl (C=O) groups is 1. The van der Waals surface area contributed by atoms with Crippen molar-refractivity contribution in [1.29, 1.82) is 0 Å². The Hall–Kier alpha value is -3.79. The highest BCUT2D eigenvalue weighted by Crippen LogP contribution is 2.45. The van der Waals surface area contributed by atoms with Crippen molar-refractivity contribution in [3.63, 3.8) is 0 Å². The molecule has 3 heterocycles. The summed E-state index contributed by atoms with van der Waals surface area (Å²) in [6.45, 7) is 4.26. The second-order valence-electron chi connectivity index (χ2n) is 8.60. The number of carbonyl (C=O) groups excluding carboxylic acids is 1. The maximum Gasteiger partial charge on any atom is 0.293 e. The van der Waals surface area contributed by atoms with Crippen LogP contribution in [0.3, 0.4) is 0 Å². The number of rotatable bonds is 1. The Bertz CT molecular complexity index is 1580. The van der Waals surface area contributed by atoms with Crippen LogP contribution in [0, 0.1) is 13.8 Å². The summed E-state index contributed by atoms with van der Waals surface area (Å²) in [6.07, 6.45) is 0. The zero-order valence-electron chi connectivity index (χ0n) is 17.3. The topological polar surface area (TPSA) is 33.5 Å². The second kappa shape index (κ2) is 5.67. The van der Waals surface area contributed by atoms with E-state index in [0.29, 0.717) is 0 Å². The van der Waals surface area contributed by atoms with Gasteiger partial charge < -0.3 is 4.42 Å². The molecule has 3 nitrogen and oxygen atoms in total. The summed E-state index contributed by atoms with van der Waals surface area (Å²) in [5.74, 6) is 0.0285. The monoisotopic (exact) mass is 399 g/mol. The summed E-state index contributed by atoms with van der Waals surface area (Å²) in [5.41, 5.74) is 9.21. The van der Waals surface area contributed by atoms with Gasteiger partial charge in [-0.3, -0.25) is 9.69 Å². The van der Waals surface area contributed by atoms with Gasteiger partial charge in [0.2, 0.25) is 0 Å². The van der Waals surface area contributed by atoms with Gasteiger partial charge in [-0.25, -0.2) is 0 Å². The molecule has 0 N–H and O–H groups in total. The molecule has 0 fully saturated rings. The molecule has 1 amide bonds. The van der Waals surface area contributed by atoms with E-state index in [1.54, 1.807) is 0 Å². The predicted octanol–water partition coefficient (Wildman–Crippen LogP) is 4.32. The van der Waals surface area contributed by atoms with Crippen molar-refractivity contribution in [1.82, 2.24) is 0 Å². The van der Waals surface area contributed by atoms with E-state index >= 15 is 0 Å². The van der Waals surface area contributed by atoms with E-state index in [1.165, 1.54) is 16.6 Å². The van der Waals surface area contributed by atoms with Gasteiger partial charge in [0.15, 0.2) is 0 Å². The van der Waals surface area contributed by atoms with Crippen LogP contribution in [0.5, 0.6) is 0 Å². The lowest BCUT2D eigenvalue weighted by Crippen LogP contribution is -2.58. The second-order valence-corrected chi connectivity index (χ2v) is 8.60. The van der Waals surface area contributed by atoms with Gasteiger partial charge in [-0.15, -0.1) is 0 Å². The minimum atomic E-state index is -0.0572. The maximum absolute atomic E-state index is 13.7. The Morgan fingerprint density at radius 3 is 2.42 bits per heavy atom. The van der Waals surface area contributed by atoms with Crippen LogP contribution >= 0.6 is 0 Å². The normalized spacial score (nSPS) is 14.1. The number of benzene rings is 4. The number of aryl methyl sites for hydroxylation is 2. The first-order valence-electron chi connectivity index (χ1n) is 10.6. The van der Waals surface area contributed by atoms with E-state index in [1.807, 2.05) is 35.2 Å². The zero-order valence-corrected chi connectivity index (χ0v) is 17.3. The van der Waals surface area contributed by atoms with Gasteiger partial charge in [-0.05, 0) is 42.9 Å². The largest absolute Gasteiger partial charge is 0.468 e. The molecule has 146 valence electrons. The SMILES string of the molecule is Cc1cccc(C)c1B1c2ccc3cccc4c3c2N(C4=O)c2c1oc1ccccc21. The average Bonchev–Trinajstić information content (AvgIpc) is 3.30. The lowest BCUT2D eigenvalue weighted by molar-refractivity contribution is 0.100. The van der Waals surface area contributed by atoms with Crippen LogP contribution in [0.2, 0.25) is 0 Å². The minimum absolute atomic E-state index is 0.0285. The first-order chi connectivity index (χ1) is 15.1. The Morgan fingerprint density at radius 1 is 0.806 bits per heavy atom. The van der Waals surface area contributed by atoms with E-state index in [0.717, 1.165) is 49.8 Å². The zero-order chi connectivity index (χ0) is 20.9. The standard InChI is InChI=1S/C27H18BNO2/c1-15-7-5-8-16(2)23(15)28-20-14-13-17-9-6-11-19-22(17)25(20)29(27(19)30)24-18-10-3-4-12-21(18)31-26(24)28/h3-14H,1-2H3. The molecule has 1 aromatic heterocycles. The number of hydrogen-bond acceptors (Lipinski definition) is 2. The van der Waals surface area contributed by atoms with Crippen LogP contribution in [0.4, 0.5) is 11.4 Å². The van der Waals surface area contributed by atoms with Crippen LogP contribution in [-0.4, -0.2) is 12.6 Å². The van der Waals surface area contributed by atoms with E-state index in [2.05, 4.69) is 56.3 Å². The molecule has 5 aromatic rings. The Labute approximate surface area is 180 Å². The van der Waals surface area contributed by atoms with Crippen LogP contribution in [0.1, 0.15) is 21.5 Å². The summed E-state index contributed by atoms with van der Waals surface area (Å²) < 4.78 is 6.51. The van der Waals surface area contributed by atoms with Crippen molar-refractivity contribution in [2.45, 2.75) is 13.8 Å². The molecule has 0 bridgehead atoms. The lowest BCUT2D eigenvalue weighted by atomic mass is 9.36. The molecule has 0 saturated heterocycles. The van der Waals surface area contributed by atoms with Gasteiger partial charge in [0.05, 0.1) is 22.6 Å². The van der Waals surface area contributed by atoms with Crippen molar-refractivity contribution in [3.8, 4) is 0 Å². The molecule has 0 spiro atoms. The van der Waals surface area contributed by atoms with Gasteiger partial charge in [0.1, 0.15) is 5.58 Å². The van der Waals surface area contributed by atoms with Crippen molar-refractivity contribution >= 4 is 62.3 Å². The van der Waals surface area contributed by atoms with E-state index in [4.69, 9.17) is 4.42 Å². The maximum atomic E-state index is 13.7. The molecular formula is C27H18BNO2. The highest BCUT2D eigenvalue weighted by molar-refractivity contribution is 6.98. The molecule has 0 aliphatic carbocycles. The molecule has 4 aromatic carbocycles. The fourth-order valence-corrected chi connectivity index (χ4v) is 5.65. The predicted molar refractivity (Wildman–Crippen MR) is 127 cm³/mol. The van der Waals surface area contributed by atoms with E-state index in [-0.39, 0.29) is 12.6 Å². The molecule has 2 aliphatic rings. The molecule has 4 heteroatoms. The van der Waals surface area contributed by atoms with Gasteiger partial charge in [0.25, 0.3) is 12.6 Å². The molecule has 2 aliphatic heterocycles. The number of furan rings is 1. The number of anilines is 2. The van der Waals surface area contributed by atoms with E-state index < -0.39 is 0 Å². The molecule has 0 radical (unpaired) electrons. The smallest absolute Gasteiger partial charge is 0.293 e. The quantitative estimate of drug-likeness (QED) is 0.394. The van der Waals surface area contributed by atoms with E-state index in [9.17, 15) is 4.79 Å². The highest BCUT2D eigenvalue weighted by atomic mass is 16.3. The van der Waals surface area contributed by atoms with Gasteiger partial charge >= 0.3 is 0 Å². The van der Waals surface area contributed by atoms with Crippen molar-refractivity contribution in [2.24, 2.45) is 0 Å². The minimum Gasteiger partial charge on any atom is -0.468 e. The highest BCUT2D eigenvalue weighted by Gasteiger charge is 2.46. The third-order valence-electron chi connectivity index (χ3n) is 6.93. The first kappa shape index (κ1) is 17.0. The Balaban J connectivity index is 1.69. The van der Waals surface area contributed by atoms with Gasteiger partial charge in [-0.2, -0.15) is 0 Å². The number of nitrogens with zero attached hydrogens (tertiary/aromatic N) is 1. The van der Waals surface area contributed by atoms with Crippen molar-refractivity contribution in [2.75, 3.05) is 4.90 Å². The summed E-state index contributed by atoms with van der Waals surface area (Å²) in [6, 6.07) is 24.8. The third-order valence-corrected chi connectivity index (χ3v) is 6.93. The Morgan fingerprint density at radius 2 is 1.58 bits per heavy atom. The first-order valence-corrected chi connectivity index (χ1v) is 10.6. The number of fused-ring (bicyclic) bond motifs is 4. The average molecular weight is 399 g/mol. The van der Waals surface area contributed by atoms with Crippen molar-refractivity contribution in [3.05, 3.63) is 89.5 Å². The molecule has 7 rings (SSSR count). The van der Waals surface area contributed by atoms with Crippen LogP contribution in [0.15, 0.2) is 77.2 Å². The van der Waals surface area contributed by atoms with Crippen LogP contribution in [-0.2, 0) is 0 Å². The number of para-hydroxylation sites is 1. The fourth-order valence-electron chi connectivity index (χ4n) is 5.65. The fraction of sp³-hybridized carbons (Fsp3) is 0.0741. The molecule has 0 unspecified atom stereocenters. The van der Waals surface area contributed by atoms with Gasteiger partial charge in [-0.1, -0.05) is 71.2 Å². The van der Waals surface area contributed by atoms with Crippen LogP contribution in [0.25, 0.3) is 21.7 Å². The summed E-state index contributed by atoms with van der Waals surface area (Å²) in [4.78, 5) is 15.6. The summed E-state index contributed by atoms with van der Waals surface area (Å²) in [7, 11) is 0.